The van der Waals surface area contributed by atoms with E-state index < -0.39 is 29.4 Å². The third kappa shape index (κ3) is 7.45. The summed E-state index contributed by atoms with van der Waals surface area (Å²) >= 11 is 0. The van der Waals surface area contributed by atoms with Gasteiger partial charge in [-0.15, -0.1) is 0 Å². The van der Waals surface area contributed by atoms with Gasteiger partial charge in [-0.05, 0) is 78.4 Å². The Bertz CT molecular complexity index is 1380. The molecule has 1 aliphatic heterocycles. The predicted molar refractivity (Wildman–Crippen MR) is 151 cm³/mol. The Morgan fingerprint density at radius 2 is 1.51 bits per heavy atom. The summed E-state index contributed by atoms with van der Waals surface area (Å²) in [6, 6.07) is 15.6. The fourth-order valence-corrected chi connectivity index (χ4v) is 5.01. The second-order valence-corrected chi connectivity index (χ2v) is 10.4. The van der Waals surface area contributed by atoms with E-state index >= 15 is 0 Å². The molecular formula is C31H33F3N4O3. The number of likely N-dealkylation sites (tertiary alicyclic amines) is 1. The lowest BCUT2D eigenvalue weighted by atomic mass is 9.89. The molecule has 216 valence electrons. The fourth-order valence-electron chi connectivity index (χ4n) is 5.01. The number of nitrogens with zero attached hydrogens (tertiary/aromatic N) is 2. The minimum Gasteiger partial charge on any atom is -0.378 e. The van der Waals surface area contributed by atoms with Gasteiger partial charge in [0.1, 0.15) is 6.04 Å². The molecule has 0 radical (unpaired) electrons. The minimum absolute atomic E-state index is 0.0705. The SMILES string of the molecule is CC(=O)N[C@@H](Cc1cc(F)c(F)c(F)c1)C(=O)N1CCC(c2ccc(NC(=O)c3ccc(N(C)C)cc3)cc2)CC1. The molecule has 1 aliphatic rings. The van der Waals surface area contributed by atoms with Crippen molar-refractivity contribution >= 4 is 29.1 Å². The molecule has 0 aliphatic carbocycles. The smallest absolute Gasteiger partial charge is 0.255 e. The quantitative estimate of drug-likeness (QED) is 0.381. The summed E-state index contributed by atoms with van der Waals surface area (Å²) in [4.78, 5) is 41.2. The van der Waals surface area contributed by atoms with Crippen molar-refractivity contribution in [3.05, 3.63) is 94.8 Å². The van der Waals surface area contributed by atoms with Gasteiger partial charge in [0.15, 0.2) is 17.5 Å². The number of amides is 3. The molecule has 0 aromatic heterocycles. The number of nitrogens with one attached hydrogen (secondary N) is 2. The first kappa shape index (κ1) is 29.6. The van der Waals surface area contributed by atoms with E-state index in [4.69, 9.17) is 0 Å². The first-order chi connectivity index (χ1) is 19.5. The van der Waals surface area contributed by atoms with Gasteiger partial charge in [-0.1, -0.05) is 12.1 Å². The highest BCUT2D eigenvalue weighted by Crippen LogP contribution is 2.29. The molecule has 1 heterocycles. The van der Waals surface area contributed by atoms with Crippen LogP contribution in [0.2, 0.25) is 0 Å². The van der Waals surface area contributed by atoms with E-state index in [1.165, 1.54) is 6.92 Å². The van der Waals surface area contributed by atoms with Crippen LogP contribution in [-0.4, -0.2) is 55.8 Å². The number of rotatable bonds is 8. The van der Waals surface area contributed by atoms with Crippen LogP contribution in [0.5, 0.6) is 0 Å². The summed E-state index contributed by atoms with van der Waals surface area (Å²) in [5.74, 6) is -5.10. The predicted octanol–water partition coefficient (Wildman–Crippen LogP) is 4.88. The molecule has 10 heteroatoms. The number of piperidine rings is 1. The molecule has 1 saturated heterocycles. The van der Waals surface area contributed by atoms with Gasteiger partial charge in [-0.25, -0.2) is 13.2 Å². The van der Waals surface area contributed by atoms with Gasteiger partial charge < -0.3 is 20.4 Å². The molecule has 0 bridgehead atoms. The second-order valence-electron chi connectivity index (χ2n) is 10.4. The Hall–Kier alpha value is -4.34. The number of carbonyl (C=O) groups excluding carboxylic acids is 3. The number of hydrogen-bond donors (Lipinski definition) is 2. The van der Waals surface area contributed by atoms with E-state index in [1.54, 1.807) is 17.0 Å². The summed E-state index contributed by atoms with van der Waals surface area (Å²) in [7, 11) is 3.87. The third-order valence-electron chi connectivity index (χ3n) is 7.25. The van der Waals surface area contributed by atoms with Crippen molar-refractivity contribution in [2.45, 2.75) is 38.1 Å². The van der Waals surface area contributed by atoms with Gasteiger partial charge in [-0.2, -0.15) is 0 Å². The highest BCUT2D eigenvalue weighted by atomic mass is 19.2. The molecule has 1 fully saturated rings. The van der Waals surface area contributed by atoms with E-state index in [0.29, 0.717) is 37.2 Å². The summed E-state index contributed by atoms with van der Waals surface area (Å²) in [5, 5.41) is 5.47. The maximum atomic E-state index is 13.7. The summed E-state index contributed by atoms with van der Waals surface area (Å²) in [5.41, 5.74) is 3.39. The van der Waals surface area contributed by atoms with Crippen LogP contribution in [0.25, 0.3) is 0 Å². The first-order valence-corrected chi connectivity index (χ1v) is 13.4. The number of anilines is 2. The Balaban J connectivity index is 1.34. The van der Waals surface area contributed by atoms with Crippen LogP contribution < -0.4 is 15.5 Å². The van der Waals surface area contributed by atoms with Crippen molar-refractivity contribution in [2.75, 3.05) is 37.4 Å². The largest absolute Gasteiger partial charge is 0.378 e. The van der Waals surface area contributed by atoms with Crippen LogP contribution in [0.1, 0.15) is 47.2 Å². The van der Waals surface area contributed by atoms with Crippen LogP contribution in [0.15, 0.2) is 60.7 Å². The number of carbonyl (C=O) groups is 3. The Morgan fingerprint density at radius 3 is 2.05 bits per heavy atom. The molecule has 7 nitrogen and oxygen atoms in total. The number of halogens is 3. The molecule has 3 amide bonds. The zero-order chi connectivity index (χ0) is 29.7. The molecule has 3 aromatic rings. The Labute approximate surface area is 237 Å². The van der Waals surface area contributed by atoms with Crippen molar-refractivity contribution in [3.8, 4) is 0 Å². The zero-order valence-electron chi connectivity index (χ0n) is 23.2. The lowest BCUT2D eigenvalue weighted by Crippen LogP contribution is -2.51. The van der Waals surface area contributed by atoms with Gasteiger partial charge in [0.2, 0.25) is 11.8 Å². The standard InChI is InChI=1S/C31H33F3N4O3/c1-19(39)35-28(18-20-16-26(32)29(34)27(33)17-20)31(41)38-14-12-22(13-15-38)21-4-8-24(9-5-21)36-30(40)23-6-10-25(11-7-23)37(2)3/h4-11,16-17,22,28H,12-15,18H2,1-3H3,(H,35,39)(H,36,40)/t28-/m0/s1. The summed E-state index contributed by atoms with van der Waals surface area (Å²) < 4.78 is 40.7. The molecular weight excluding hydrogens is 533 g/mol. The summed E-state index contributed by atoms with van der Waals surface area (Å²) in [6.45, 7) is 2.13. The van der Waals surface area contributed by atoms with Crippen LogP contribution >= 0.6 is 0 Å². The van der Waals surface area contributed by atoms with E-state index in [0.717, 1.165) is 23.4 Å². The fraction of sp³-hybridized carbons (Fsp3) is 0.323. The maximum absolute atomic E-state index is 13.7. The average Bonchev–Trinajstić information content (AvgIpc) is 2.95. The highest BCUT2D eigenvalue weighted by molar-refractivity contribution is 6.04. The van der Waals surface area contributed by atoms with Crippen molar-refractivity contribution in [1.29, 1.82) is 0 Å². The normalized spacial score (nSPS) is 14.3. The van der Waals surface area contributed by atoms with Crippen molar-refractivity contribution in [3.63, 3.8) is 0 Å². The summed E-state index contributed by atoms with van der Waals surface area (Å²) in [6.07, 6.45) is 1.20. The monoisotopic (exact) mass is 566 g/mol. The van der Waals surface area contributed by atoms with E-state index in [1.807, 2.05) is 55.4 Å². The maximum Gasteiger partial charge on any atom is 0.255 e. The molecule has 3 aromatic carbocycles. The molecule has 4 rings (SSSR count). The molecule has 0 saturated carbocycles. The molecule has 2 N–H and O–H groups in total. The average molecular weight is 567 g/mol. The molecule has 0 unspecified atom stereocenters. The third-order valence-corrected chi connectivity index (χ3v) is 7.25. The molecule has 0 spiro atoms. The zero-order valence-corrected chi connectivity index (χ0v) is 23.2. The van der Waals surface area contributed by atoms with Crippen LogP contribution in [0.4, 0.5) is 24.5 Å². The lowest BCUT2D eigenvalue weighted by molar-refractivity contribution is -0.137. The van der Waals surface area contributed by atoms with E-state index in [9.17, 15) is 27.6 Å². The second kappa shape index (κ2) is 12.9. The first-order valence-electron chi connectivity index (χ1n) is 13.4. The van der Waals surface area contributed by atoms with Crippen LogP contribution in [0, 0.1) is 17.5 Å². The van der Waals surface area contributed by atoms with Gasteiger partial charge in [0.25, 0.3) is 5.91 Å². The number of hydrogen-bond acceptors (Lipinski definition) is 4. The van der Waals surface area contributed by atoms with Crippen LogP contribution in [0.3, 0.4) is 0 Å². The van der Waals surface area contributed by atoms with Crippen molar-refractivity contribution in [1.82, 2.24) is 10.2 Å². The van der Waals surface area contributed by atoms with Crippen LogP contribution in [-0.2, 0) is 16.0 Å². The highest BCUT2D eigenvalue weighted by Gasteiger charge is 2.30. The molecule has 1 atom stereocenters. The van der Waals surface area contributed by atoms with Gasteiger partial charge in [0.05, 0.1) is 0 Å². The Kier molecular flexibility index (Phi) is 9.31. The Morgan fingerprint density at radius 1 is 0.927 bits per heavy atom. The van der Waals surface area contributed by atoms with Crippen molar-refractivity contribution < 1.29 is 27.6 Å². The van der Waals surface area contributed by atoms with E-state index in [2.05, 4.69) is 10.6 Å². The van der Waals surface area contributed by atoms with Gasteiger partial charge in [-0.3, -0.25) is 14.4 Å². The van der Waals surface area contributed by atoms with Crippen molar-refractivity contribution in [2.24, 2.45) is 0 Å². The molecule has 41 heavy (non-hydrogen) atoms. The van der Waals surface area contributed by atoms with Gasteiger partial charge in [0, 0.05) is 57.5 Å². The minimum atomic E-state index is -1.58. The topological polar surface area (TPSA) is 81.8 Å². The van der Waals surface area contributed by atoms with E-state index in [-0.39, 0.29) is 29.7 Å². The van der Waals surface area contributed by atoms with Gasteiger partial charge >= 0.3 is 0 Å². The lowest BCUT2D eigenvalue weighted by Gasteiger charge is -2.34. The number of benzene rings is 3.